The van der Waals surface area contributed by atoms with Gasteiger partial charge >= 0.3 is 6.55 Å². The smallest absolute Gasteiger partial charge is 0.321 e. The number of ketones is 1. The fourth-order valence-electron chi connectivity index (χ4n) is 2.46. The zero-order valence-corrected chi connectivity index (χ0v) is 14.6. The van der Waals surface area contributed by atoms with Crippen molar-refractivity contribution >= 4 is 40.2 Å². The van der Waals surface area contributed by atoms with E-state index in [2.05, 4.69) is 10.3 Å². The molecule has 0 aliphatic carbocycles. The topological polar surface area (TPSA) is 64.0 Å². The van der Waals surface area contributed by atoms with Crippen molar-refractivity contribution in [3.63, 3.8) is 0 Å². The van der Waals surface area contributed by atoms with Gasteiger partial charge in [-0.15, -0.1) is 0 Å². The molecule has 2 aromatic carbocycles. The van der Waals surface area contributed by atoms with Gasteiger partial charge < -0.3 is 5.32 Å². The summed E-state index contributed by atoms with van der Waals surface area (Å²) >= 11 is 0.932. The Morgan fingerprint density at radius 2 is 1.96 bits per heavy atom. The average Bonchev–Trinajstić information content (AvgIpc) is 2.98. The fraction of sp³-hybridized carbons (Fsp3) is 0.167. The molecule has 26 heavy (non-hydrogen) atoms. The number of Topliss-reactive ketones (excluding diaryl/α,β-unsaturated/α-hetero) is 1. The van der Waals surface area contributed by atoms with Crippen LogP contribution in [0.4, 0.5) is 14.5 Å². The number of benzene rings is 2. The van der Waals surface area contributed by atoms with Crippen LogP contribution in [0.25, 0.3) is 11.0 Å². The van der Waals surface area contributed by atoms with Crippen molar-refractivity contribution in [1.29, 1.82) is 0 Å². The van der Waals surface area contributed by atoms with E-state index in [1.54, 1.807) is 48.5 Å². The summed E-state index contributed by atoms with van der Waals surface area (Å²) < 4.78 is 27.5. The average molecular weight is 375 g/mol. The minimum atomic E-state index is -2.75. The first-order valence-corrected chi connectivity index (χ1v) is 8.73. The molecule has 0 aliphatic heterocycles. The Balaban J connectivity index is 1.72. The highest BCUT2D eigenvalue weighted by molar-refractivity contribution is 7.99. The van der Waals surface area contributed by atoms with E-state index in [1.165, 1.54) is 6.92 Å². The molecule has 0 spiro atoms. The maximum absolute atomic E-state index is 13.4. The molecule has 0 unspecified atom stereocenters. The molecule has 0 saturated carbocycles. The number of para-hydroxylation sites is 2. The quantitative estimate of drug-likeness (QED) is 0.513. The monoisotopic (exact) mass is 375 g/mol. The minimum absolute atomic E-state index is 0.0776. The number of alkyl halides is 2. The normalized spacial score (nSPS) is 11.1. The van der Waals surface area contributed by atoms with Gasteiger partial charge in [-0.25, -0.2) is 4.98 Å². The van der Waals surface area contributed by atoms with E-state index in [0.717, 1.165) is 16.3 Å². The molecule has 0 atom stereocenters. The van der Waals surface area contributed by atoms with Gasteiger partial charge in [-0.1, -0.05) is 36.0 Å². The van der Waals surface area contributed by atoms with Gasteiger partial charge in [-0.05, 0) is 31.2 Å². The number of carbonyl (C=O) groups is 2. The molecular formula is C18H15F2N3O2S. The van der Waals surface area contributed by atoms with Crippen LogP contribution >= 0.6 is 11.8 Å². The summed E-state index contributed by atoms with van der Waals surface area (Å²) in [7, 11) is 0. The lowest BCUT2D eigenvalue weighted by Crippen LogP contribution is -2.15. The number of halogens is 2. The van der Waals surface area contributed by atoms with Gasteiger partial charge in [-0.3, -0.25) is 14.2 Å². The van der Waals surface area contributed by atoms with Crippen molar-refractivity contribution in [1.82, 2.24) is 9.55 Å². The summed E-state index contributed by atoms with van der Waals surface area (Å²) in [6, 6.07) is 13.1. The summed E-state index contributed by atoms with van der Waals surface area (Å²) in [5, 5.41) is 2.73. The molecule has 0 saturated heterocycles. The van der Waals surface area contributed by atoms with Crippen LogP contribution in [0.15, 0.2) is 53.7 Å². The predicted molar refractivity (Wildman–Crippen MR) is 96.8 cm³/mol. The number of hydrogen-bond acceptors (Lipinski definition) is 4. The van der Waals surface area contributed by atoms with Crippen LogP contribution < -0.4 is 5.32 Å². The first-order chi connectivity index (χ1) is 12.5. The first-order valence-electron chi connectivity index (χ1n) is 7.74. The van der Waals surface area contributed by atoms with Crippen LogP contribution in [-0.2, 0) is 4.79 Å². The second kappa shape index (κ2) is 7.65. The molecule has 1 heterocycles. The number of carbonyl (C=O) groups excluding carboxylic acids is 2. The van der Waals surface area contributed by atoms with E-state index in [4.69, 9.17) is 0 Å². The molecule has 8 heteroatoms. The van der Waals surface area contributed by atoms with E-state index in [1.807, 2.05) is 0 Å². The molecule has 3 rings (SSSR count). The molecule has 0 bridgehead atoms. The van der Waals surface area contributed by atoms with E-state index in [9.17, 15) is 18.4 Å². The SMILES string of the molecule is CC(=O)c1cccc(NC(=O)CSc2nc3ccccc3n2C(F)F)c1. The van der Waals surface area contributed by atoms with Crippen LogP contribution in [0.2, 0.25) is 0 Å². The summed E-state index contributed by atoms with van der Waals surface area (Å²) in [4.78, 5) is 27.7. The molecule has 134 valence electrons. The molecule has 1 amide bonds. The van der Waals surface area contributed by atoms with Crippen molar-refractivity contribution in [3.05, 3.63) is 54.1 Å². The molecule has 0 fully saturated rings. The zero-order chi connectivity index (χ0) is 18.7. The van der Waals surface area contributed by atoms with Crippen molar-refractivity contribution in [2.75, 3.05) is 11.1 Å². The lowest BCUT2D eigenvalue weighted by atomic mass is 10.1. The van der Waals surface area contributed by atoms with Gasteiger partial charge in [0.05, 0.1) is 16.8 Å². The summed E-state index contributed by atoms with van der Waals surface area (Å²) in [6.45, 7) is -1.31. The Labute approximate surface area is 152 Å². The Bertz CT molecular complexity index is 972. The molecule has 3 aromatic rings. The van der Waals surface area contributed by atoms with E-state index < -0.39 is 6.55 Å². The van der Waals surface area contributed by atoms with E-state index in [0.29, 0.717) is 22.3 Å². The van der Waals surface area contributed by atoms with Crippen LogP contribution in [0, 0.1) is 0 Å². The van der Waals surface area contributed by atoms with Crippen molar-refractivity contribution < 1.29 is 18.4 Å². The Hall–Kier alpha value is -2.74. The number of fused-ring (bicyclic) bond motifs is 1. The standard InChI is InChI=1S/C18H15F2N3O2S/c1-11(24)12-5-4-6-13(9-12)21-16(25)10-26-18-22-14-7-2-3-8-15(14)23(18)17(19)20/h2-9,17H,10H2,1H3,(H,21,25). The number of aromatic nitrogens is 2. The van der Waals surface area contributed by atoms with Gasteiger partial charge in [0.15, 0.2) is 10.9 Å². The van der Waals surface area contributed by atoms with Crippen molar-refractivity contribution in [2.24, 2.45) is 0 Å². The largest absolute Gasteiger partial charge is 0.325 e. The Morgan fingerprint density at radius 1 is 1.19 bits per heavy atom. The number of rotatable bonds is 6. The van der Waals surface area contributed by atoms with Gasteiger partial charge in [-0.2, -0.15) is 8.78 Å². The number of imidazole rings is 1. The third-order valence-corrected chi connectivity index (χ3v) is 4.60. The minimum Gasteiger partial charge on any atom is -0.325 e. The number of hydrogen-bond donors (Lipinski definition) is 1. The summed E-state index contributed by atoms with van der Waals surface area (Å²) in [6.07, 6.45) is 0. The maximum Gasteiger partial charge on any atom is 0.321 e. The lowest BCUT2D eigenvalue weighted by molar-refractivity contribution is -0.113. The maximum atomic E-state index is 13.4. The van der Waals surface area contributed by atoms with Crippen LogP contribution in [0.5, 0.6) is 0 Å². The number of amides is 1. The predicted octanol–water partition coefficient (Wildman–Crippen LogP) is 4.36. The number of thioether (sulfide) groups is 1. The number of anilines is 1. The number of nitrogens with zero attached hydrogens (tertiary/aromatic N) is 2. The zero-order valence-electron chi connectivity index (χ0n) is 13.8. The Morgan fingerprint density at radius 3 is 2.69 bits per heavy atom. The Kier molecular flexibility index (Phi) is 5.32. The van der Waals surface area contributed by atoms with Gasteiger partial charge in [0.1, 0.15) is 0 Å². The molecular weight excluding hydrogens is 360 g/mol. The molecule has 0 radical (unpaired) electrons. The van der Waals surface area contributed by atoms with Gasteiger partial charge in [0.2, 0.25) is 5.91 Å². The summed E-state index contributed by atoms with van der Waals surface area (Å²) in [5.74, 6) is -0.565. The van der Waals surface area contributed by atoms with E-state index >= 15 is 0 Å². The van der Waals surface area contributed by atoms with Crippen LogP contribution in [0.3, 0.4) is 0 Å². The van der Waals surface area contributed by atoms with Crippen molar-refractivity contribution in [3.8, 4) is 0 Å². The molecule has 1 N–H and O–H groups in total. The van der Waals surface area contributed by atoms with Gasteiger partial charge in [0.25, 0.3) is 0 Å². The molecule has 5 nitrogen and oxygen atoms in total. The van der Waals surface area contributed by atoms with Crippen LogP contribution in [-0.4, -0.2) is 27.0 Å². The van der Waals surface area contributed by atoms with Gasteiger partial charge in [0, 0.05) is 11.3 Å². The van der Waals surface area contributed by atoms with E-state index in [-0.39, 0.29) is 22.6 Å². The number of nitrogens with one attached hydrogen (secondary N) is 1. The van der Waals surface area contributed by atoms with Crippen molar-refractivity contribution in [2.45, 2.75) is 18.6 Å². The molecule has 1 aromatic heterocycles. The third-order valence-electron chi connectivity index (χ3n) is 3.64. The lowest BCUT2D eigenvalue weighted by Gasteiger charge is -2.08. The fourth-order valence-corrected chi connectivity index (χ4v) is 3.27. The second-order valence-corrected chi connectivity index (χ2v) is 6.45. The highest BCUT2D eigenvalue weighted by Gasteiger charge is 2.18. The highest BCUT2D eigenvalue weighted by Crippen LogP contribution is 2.29. The molecule has 0 aliphatic rings. The summed E-state index contributed by atoms with van der Waals surface area (Å²) in [5.41, 5.74) is 1.73. The van der Waals surface area contributed by atoms with Crippen LogP contribution in [0.1, 0.15) is 23.8 Å². The second-order valence-electron chi connectivity index (χ2n) is 5.50. The third kappa shape index (κ3) is 3.91. The highest BCUT2D eigenvalue weighted by atomic mass is 32.2. The first kappa shape index (κ1) is 18.1.